The fourth-order valence-corrected chi connectivity index (χ4v) is 8.29. The Morgan fingerprint density at radius 2 is 1.95 bits per heavy atom. The predicted octanol–water partition coefficient (Wildman–Crippen LogP) is 2.22. The second-order valence-corrected chi connectivity index (χ2v) is 13.2. The lowest BCUT2D eigenvalue weighted by Crippen LogP contribution is -2.50. The van der Waals surface area contributed by atoms with Gasteiger partial charge in [-0.1, -0.05) is 0 Å². The van der Waals surface area contributed by atoms with Gasteiger partial charge in [0.1, 0.15) is 10.0 Å². The molecule has 0 radical (unpaired) electrons. The van der Waals surface area contributed by atoms with Crippen LogP contribution in [-0.2, 0) is 27.7 Å². The van der Waals surface area contributed by atoms with Crippen molar-refractivity contribution in [2.24, 2.45) is 0 Å². The number of carbonyl (C=O) groups is 2. The highest BCUT2D eigenvalue weighted by Gasteiger charge is 2.33. The van der Waals surface area contributed by atoms with Crippen LogP contribution in [0, 0.1) is 5.41 Å². The SMILES string of the molecule is COC(=O)NC(=N)c1ccc2sc(S(=O)(=O)N3CCN(C(=O)c4nc5c(s4)CNC(C)C5)CC3)cc2c1. The smallest absolute Gasteiger partial charge is 0.412 e. The number of piperazine rings is 1. The summed E-state index contributed by atoms with van der Waals surface area (Å²) in [6.45, 7) is 3.79. The molecule has 0 aliphatic carbocycles. The summed E-state index contributed by atoms with van der Waals surface area (Å²) >= 11 is 2.56. The first-order valence-corrected chi connectivity index (χ1v) is 14.7. The van der Waals surface area contributed by atoms with E-state index in [1.54, 1.807) is 29.2 Å². The summed E-state index contributed by atoms with van der Waals surface area (Å²) in [7, 11) is -2.54. The van der Waals surface area contributed by atoms with Gasteiger partial charge in [0.05, 0.1) is 12.8 Å². The van der Waals surface area contributed by atoms with Crippen molar-refractivity contribution in [2.45, 2.75) is 30.1 Å². The number of amides is 2. The number of fused-ring (bicyclic) bond motifs is 2. The number of aromatic nitrogens is 1. The number of sulfonamides is 1. The second-order valence-electron chi connectivity index (χ2n) is 8.88. The number of amidine groups is 1. The summed E-state index contributed by atoms with van der Waals surface area (Å²) in [5.41, 5.74) is 1.41. The third-order valence-electron chi connectivity index (χ3n) is 6.39. The Balaban J connectivity index is 1.26. The van der Waals surface area contributed by atoms with E-state index in [1.165, 1.54) is 22.8 Å². The maximum atomic E-state index is 13.4. The van der Waals surface area contributed by atoms with Crippen molar-refractivity contribution in [3.8, 4) is 0 Å². The molecule has 2 aliphatic rings. The van der Waals surface area contributed by atoms with Crippen molar-refractivity contribution >= 4 is 60.6 Å². The van der Waals surface area contributed by atoms with Crippen LogP contribution < -0.4 is 10.6 Å². The Bertz CT molecular complexity index is 1490. The highest BCUT2D eigenvalue weighted by atomic mass is 32.2. The molecule has 4 heterocycles. The number of ether oxygens (including phenoxy) is 1. The average molecular weight is 563 g/mol. The van der Waals surface area contributed by atoms with Gasteiger partial charge in [0.15, 0.2) is 5.01 Å². The van der Waals surface area contributed by atoms with Crippen LogP contribution >= 0.6 is 22.7 Å². The maximum absolute atomic E-state index is 13.4. The summed E-state index contributed by atoms with van der Waals surface area (Å²) < 4.78 is 33.6. The number of benzene rings is 1. The molecular formula is C23H26N6O5S3. The lowest BCUT2D eigenvalue weighted by Gasteiger charge is -2.33. The highest BCUT2D eigenvalue weighted by molar-refractivity contribution is 7.91. The van der Waals surface area contributed by atoms with Gasteiger partial charge >= 0.3 is 6.09 Å². The Hall–Kier alpha value is -2.91. The minimum Gasteiger partial charge on any atom is -0.453 e. The topological polar surface area (TPSA) is 145 Å². The van der Waals surface area contributed by atoms with Gasteiger partial charge in [-0.25, -0.2) is 18.2 Å². The van der Waals surface area contributed by atoms with E-state index >= 15 is 0 Å². The fraction of sp³-hybridized carbons (Fsp3) is 0.391. The second kappa shape index (κ2) is 10.1. The van der Waals surface area contributed by atoms with Crippen LogP contribution in [0.2, 0.25) is 0 Å². The number of hydrogen-bond acceptors (Lipinski definition) is 10. The summed E-state index contributed by atoms with van der Waals surface area (Å²) in [5, 5.41) is 14.8. The molecule has 1 atom stereocenters. The van der Waals surface area contributed by atoms with Gasteiger partial charge in [-0.2, -0.15) is 4.31 Å². The molecule has 2 aliphatic heterocycles. The van der Waals surface area contributed by atoms with Crippen molar-refractivity contribution in [3.05, 3.63) is 45.4 Å². The normalized spacial score (nSPS) is 18.4. The number of nitrogens with one attached hydrogen (secondary N) is 3. The Kier molecular flexibility index (Phi) is 7.02. The van der Waals surface area contributed by atoms with Gasteiger partial charge in [-0.15, -0.1) is 22.7 Å². The van der Waals surface area contributed by atoms with E-state index < -0.39 is 16.1 Å². The number of carbonyl (C=O) groups excluding carboxylic acids is 2. The van der Waals surface area contributed by atoms with Crippen molar-refractivity contribution in [1.82, 2.24) is 24.8 Å². The molecule has 2 aromatic heterocycles. The zero-order valence-electron chi connectivity index (χ0n) is 20.2. The zero-order chi connectivity index (χ0) is 26.3. The van der Waals surface area contributed by atoms with Crippen LogP contribution in [0.4, 0.5) is 4.79 Å². The molecule has 0 spiro atoms. The van der Waals surface area contributed by atoms with Gasteiger partial charge in [-0.05, 0) is 36.6 Å². The number of thiophene rings is 1. The van der Waals surface area contributed by atoms with Crippen LogP contribution in [0.5, 0.6) is 0 Å². The van der Waals surface area contributed by atoms with E-state index in [4.69, 9.17) is 5.41 Å². The van der Waals surface area contributed by atoms with Crippen LogP contribution in [0.15, 0.2) is 28.5 Å². The number of hydrogen-bond donors (Lipinski definition) is 3. The third kappa shape index (κ3) is 5.11. The maximum Gasteiger partial charge on any atom is 0.412 e. The van der Waals surface area contributed by atoms with Crippen LogP contribution in [0.25, 0.3) is 10.1 Å². The molecule has 2 amide bonds. The molecular weight excluding hydrogens is 536 g/mol. The molecule has 14 heteroatoms. The Morgan fingerprint density at radius 1 is 1.19 bits per heavy atom. The van der Waals surface area contributed by atoms with Gasteiger partial charge in [0.25, 0.3) is 15.9 Å². The minimum absolute atomic E-state index is 0.142. The molecule has 37 heavy (non-hydrogen) atoms. The summed E-state index contributed by atoms with van der Waals surface area (Å²) in [6.07, 6.45) is 0.0439. The molecule has 0 bridgehead atoms. The molecule has 3 aromatic rings. The number of thiazole rings is 1. The van der Waals surface area contributed by atoms with Crippen molar-refractivity contribution in [1.29, 1.82) is 5.41 Å². The number of rotatable bonds is 4. The van der Waals surface area contributed by atoms with Gasteiger partial charge in [0, 0.05) is 60.3 Å². The molecule has 196 valence electrons. The zero-order valence-corrected chi connectivity index (χ0v) is 22.7. The minimum atomic E-state index is -3.75. The summed E-state index contributed by atoms with van der Waals surface area (Å²) in [4.78, 5) is 31.8. The number of nitrogens with zero attached hydrogens (tertiary/aromatic N) is 3. The van der Waals surface area contributed by atoms with Crippen LogP contribution in [-0.4, -0.2) is 79.8 Å². The molecule has 1 aromatic carbocycles. The molecule has 5 rings (SSSR count). The molecule has 3 N–H and O–H groups in total. The summed E-state index contributed by atoms with van der Waals surface area (Å²) in [5.74, 6) is -0.293. The van der Waals surface area contributed by atoms with E-state index in [9.17, 15) is 18.0 Å². The highest BCUT2D eigenvalue weighted by Crippen LogP contribution is 2.32. The Morgan fingerprint density at radius 3 is 2.68 bits per heavy atom. The van der Waals surface area contributed by atoms with Gasteiger partial charge in [-0.3, -0.25) is 15.5 Å². The van der Waals surface area contributed by atoms with E-state index in [-0.39, 0.29) is 29.0 Å². The predicted molar refractivity (Wildman–Crippen MR) is 141 cm³/mol. The number of methoxy groups -OCH3 is 1. The lowest BCUT2D eigenvalue weighted by molar-refractivity contribution is 0.0697. The van der Waals surface area contributed by atoms with Crippen molar-refractivity contribution in [3.63, 3.8) is 0 Å². The van der Waals surface area contributed by atoms with E-state index in [2.05, 4.69) is 27.3 Å². The number of alkyl carbamates (subject to hydrolysis) is 1. The monoisotopic (exact) mass is 562 g/mol. The molecule has 1 unspecified atom stereocenters. The fourth-order valence-electron chi connectivity index (χ4n) is 4.32. The first-order chi connectivity index (χ1) is 17.7. The average Bonchev–Trinajstić information content (AvgIpc) is 3.52. The lowest BCUT2D eigenvalue weighted by atomic mass is 10.1. The van der Waals surface area contributed by atoms with Crippen molar-refractivity contribution < 1.29 is 22.7 Å². The molecule has 1 fully saturated rings. The van der Waals surface area contributed by atoms with Gasteiger partial charge in [0.2, 0.25) is 0 Å². The molecule has 1 saturated heterocycles. The quantitative estimate of drug-likeness (QED) is 0.327. The molecule has 11 nitrogen and oxygen atoms in total. The third-order valence-corrected chi connectivity index (χ3v) is 10.9. The first kappa shape index (κ1) is 25.7. The first-order valence-electron chi connectivity index (χ1n) is 11.6. The van der Waals surface area contributed by atoms with E-state index in [1.807, 2.05) is 0 Å². The Labute approximate surface area is 222 Å². The van der Waals surface area contributed by atoms with Crippen LogP contribution in [0.1, 0.15) is 32.9 Å². The van der Waals surface area contributed by atoms with Gasteiger partial charge < -0.3 is 15.0 Å². The summed E-state index contributed by atoms with van der Waals surface area (Å²) in [6, 6.07) is 6.93. The molecule has 0 saturated carbocycles. The van der Waals surface area contributed by atoms with E-state index in [0.29, 0.717) is 41.6 Å². The van der Waals surface area contributed by atoms with Crippen LogP contribution in [0.3, 0.4) is 0 Å². The van der Waals surface area contributed by atoms with E-state index in [0.717, 1.165) is 33.0 Å². The standard InChI is InChI=1S/C23H26N6O5S3/c1-13-9-16-18(12-25-13)36-21(26-16)22(30)28-5-7-29(8-6-28)37(32,33)19-11-15-10-14(3-4-17(15)35-19)20(24)27-23(31)34-2/h3-4,10-11,13,25H,5-9,12H2,1-2H3,(H2,24,27,31). The van der Waals surface area contributed by atoms with Crippen molar-refractivity contribution in [2.75, 3.05) is 33.3 Å². The largest absolute Gasteiger partial charge is 0.453 e.